The number of allylic oxidation sites excluding steroid dienone is 1. The quantitative estimate of drug-likeness (QED) is 0.417. The molecule has 9 heteroatoms. The van der Waals surface area contributed by atoms with E-state index < -0.39 is 26.6 Å². The highest BCUT2D eigenvalue weighted by molar-refractivity contribution is 14.2. The highest BCUT2D eigenvalue weighted by Gasteiger charge is 2.45. The van der Waals surface area contributed by atoms with Gasteiger partial charge in [0.05, 0.1) is 14.9 Å². The van der Waals surface area contributed by atoms with Crippen LogP contribution in [0.1, 0.15) is 42.5 Å². The van der Waals surface area contributed by atoms with Gasteiger partial charge in [-0.1, -0.05) is 20.7 Å². The minimum absolute atomic E-state index is 0.236. The summed E-state index contributed by atoms with van der Waals surface area (Å²) in [6.07, 6.45) is 10.8. The van der Waals surface area contributed by atoms with E-state index in [4.69, 9.17) is 5.73 Å². The van der Waals surface area contributed by atoms with Gasteiger partial charge in [-0.3, -0.25) is 9.59 Å². The summed E-state index contributed by atoms with van der Waals surface area (Å²) in [4.78, 5) is 30.8. The van der Waals surface area contributed by atoms with Gasteiger partial charge in [-0.25, -0.2) is 4.98 Å². The van der Waals surface area contributed by atoms with E-state index in [2.05, 4.69) is 31.1 Å². The fraction of sp³-hybridized carbons (Fsp3) is 0.455. The van der Waals surface area contributed by atoms with Crippen LogP contribution in [0, 0.1) is 5.92 Å². The summed E-state index contributed by atoms with van der Waals surface area (Å²) < 4.78 is 3.32. The van der Waals surface area contributed by atoms with Crippen LogP contribution in [0.2, 0.25) is 0 Å². The lowest BCUT2D eigenvalue weighted by molar-refractivity contribution is -0.131. The molecule has 31 heavy (non-hydrogen) atoms. The molecule has 0 spiro atoms. The van der Waals surface area contributed by atoms with Crippen LogP contribution in [0.25, 0.3) is 0 Å². The highest BCUT2D eigenvalue weighted by atomic mass is 127. The van der Waals surface area contributed by atoms with Gasteiger partial charge in [0.25, 0.3) is 5.91 Å². The maximum Gasteiger partial charge on any atom is 0.252 e. The Bertz CT molecular complexity index is 998. The number of anilines is 2. The number of piperidine rings is 2. The highest BCUT2D eigenvalue weighted by Crippen LogP contribution is 2.41. The topological polar surface area (TPSA) is 112 Å². The average Bonchev–Trinajstić information content (AvgIpc) is 3.37. The maximum absolute atomic E-state index is 12.5. The predicted octanol–water partition coefficient (Wildman–Crippen LogP) is 2.28. The largest absolute Gasteiger partial charge is 0.381 e. The third-order valence-electron chi connectivity index (χ3n) is 6.43. The van der Waals surface area contributed by atoms with Gasteiger partial charge in [-0.2, -0.15) is 0 Å². The summed E-state index contributed by atoms with van der Waals surface area (Å²) in [5.74, 6) is 0.740. The summed E-state index contributed by atoms with van der Waals surface area (Å²) in [5.41, 5.74) is 7.76. The zero-order valence-corrected chi connectivity index (χ0v) is 19.4. The molecular weight excluding hydrogens is 507 g/mol. The molecule has 4 heterocycles. The Morgan fingerprint density at radius 1 is 1.23 bits per heavy atom. The van der Waals surface area contributed by atoms with Crippen LogP contribution in [0.15, 0.2) is 34.2 Å². The van der Waals surface area contributed by atoms with Gasteiger partial charge in [0.1, 0.15) is 5.82 Å². The normalized spacial score (nSPS) is 25.7. The third-order valence-corrected chi connectivity index (χ3v) is 8.68. The van der Waals surface area contributed by atoms with Crippen molar-refractivity contribution in [2.24, 2.45) is 11.7 Å². The number of pyridine rings is 1. The summed E-state index contributed by atoms with van der Waals surface area (Å²) in [7, 11) is 0. The summed E-state index contributed by atoms with van der Waals surface area (Å²) >= 11 is -0.410. The van der Waals surface area contributed by atoms with Crippen LogP contribution < -0.4 is 21.7 Å². The summed E-state index contributed by atoms with van der Waals surface area (Å²) in [5, 5.41) is 10.2. The standard InChI is InChI=1S/C22H27IN6O2/c24-21(30)17-12-26-20(10-18(17)27-14-5-7-25-8-6-14)28-19-4-3-16(11-23-19)29-15-2-1-13(9-15)22(29)31/h3-4,10-15,25H,1-2,5-9H2,(H2,24,30)(H2,26,27,28)/t13-,15+/m1/s1. The maximum atomic E-state index is 12.5. The zero-order valence-electron chi connectivity index (χ0n) is 17.2. The third kappa shape index (κ3) is 4.25. The van der Waals surface area contributed by atoms with E-state index in [1.165, 1.54) is 0 Å². The van der Waals surface area contributed by atoms with E-state index in [9.17, 15) is 9.59 Å². The molecule has 8 nitrogen and oxygen atoms in total. The number of carbonyl (C=O) groups excluding carboxylic acids is 2. The number of nitrogens with one attached hydrogen (secondary N) is 3. The Morgan fingerprint density at radius 3 is 2.74 bits per heavy atom. The molecule has 2 saturated heterocycles. The van der Waals surface area contributed by atoms with Crippen molar-refractivity contribution in [3.63, 3.8) is 0 Å². The number of primary amides is 1. The van der Waals surface area contributed by atoms with Crippen molar-refractivity contribution in [3.8, 4) is 0 Å². The van der Waals surface area contributed by atoms with E-state index in [1.54, 1.807) is 6.20 Å². The minimum Gasteiger partial charge on any atom is -0.381 e. The van der Waals surface area contributed by atoms with Crippen molar-refractivity contribution >= 4 is 47.7 Å². The van der Waals surface area contributed by atoms with Gasteiger partial charge >= 0.3 is 0 Å². The molecule has 3 fully saturated rings. The molecule has 0 unspecified atom stereocenters. The number of nitrogens with two attached hydrogens (primary N) is 1. The molecule has 164 valence electrons. The van der Waals surface area contributed by atoms with E-state index in [0.717, 1.165) is 60.2 Å². The van der Waals surface area contributed by atoms with Crippen LogP contribution in [-0.2, 0) is 4.79 Å². The van der Waals surface area contributed by atoms with Gasteiger partial charge in [-0.05, 0) is 61.4 Å². The monoisotopic (exact) mass is 534 g/mol. The number of nitrogens with zero attached hydrogens (tertiary/aromatic N) is 2. The molecule has 0 radical (unpaired) electrons. The lowest BCUT2D eigenvalue weighted by Gasteiger charge is -2.28. The number of hydrogen-bond acceptors (Lipinski definition) is 6. The Kier molecular flexibility index (Phi) is 5.79. The molecule has 2 amide bonds. The van der Waals surface area contributed by atoms with Crippen LogP contribution in [0.5, 0.6) is 0 Å². The first kappa shape index (κ1) is 20.6. The molecule has 3 aliphatic heterocycles. The van der Waals surface area contributed by atoms with Crippen molar-refractivity contribution in [1.82, 2.24) is 15.2 Å². The Morgan fingerprint density at radius 2 is 2.06 bits per heavy atom. The van der Waals surface area contributed by atoms with Gasteiger partial charge < -0.3 is 26.6 Å². The van der Waals surface area contributed by atoms with E-state index in [0.29, 0.717) is 29.4 Å². The molecule has 1 aromatic rings. The van der Waals surface area contributed by atoms with Crippen molar-refractivity contribution in [2.45, 2.75) is 44.2 Å². The zero-order chi connectivity index (χ0) is 21.4. The Balaban J connectivity index is 1.31. The first-order valence-corrected chi connectivity index (χ1v) is 13.2. The van der Waals surface area contributed by atoms with Crippen molar-refractivity contribution in [2.75, 3.05) is 23.7 Å². The molecule has 0 aromatic carbocycles. The number of rotatable bonds is 6. The van der Waals surface area contributed by atoms with Crippen LogP contribution in [0.3, 0.4) is 0 Å². The Labute approximate surface area is 191 Å². The molecule has 1 aliphatic carbocycles. The second-order valence-electron chi connectivity index (χ2n) is 8.47. The van der Waals surface area contributed by atoms with Crippen LogP contribution >= 0.6 is 20.7 Å². The lowest BCUT2D eigenvalue weighted by Crippen LogP contribution is -2.36. The summed E-state index contributed by atoms with van der Waals surface area (Å²) in [6.45, 7) is 1.92. The smallest absolute Gasteiger partial charge is 0.252 e. The van der Waals surface area contributed by atoms with E-state index >= 15 is 0 Å². The number of carbonyl (C=O) groups is 2. The fourth-order valence-corrected chi connectivity index (χ4v) is 6.81. The molecule has 2 atom stereocenters. The molecular formula is C22H27IN6O2. The second-order valence-corrected chi connectivity index (χ2v) is 10.9. The fourth-order valence-electron chi connectivity index (χ4n) is 4.83. The molecule has 5 rings (SSSR count). The van der Waals surface area contributed by atoms with Crippen molar-refractivity contribution < 1.29 is 9.59 Å². The first-order valence-electron chi connectivity index (χ1n) is 10.8. The predicted molar refractivity (Wildman–Crippen MR) is 130 cm³/mol. The minimum atomic E-state index is -0.481. The molecule has 1 saturated carbocycles. The van der Waals surface area contributed by atoms with Gasteiger partial charge in [-0.15, -0.1) is 0 Å². The van der Waals surface area contributed by atoms with Crippen LogP contribution in [0.4, 0.5) is 11.5 Å². The van der Waals surface area contributed by atoms with Crippen molar-refractivity contribution in [1.29, 1.82) is 0 Å². The molecule has 5 N–H and O–H groups in total. The molecule has 1 aromatic heterocycles. The number of hydrogen-bond donors (Lipinski definition) is 4. The van der Waals surface area contributed by atoms with Gasteiger partial charge in [0.2, 0.25) is 5.91 Å². The molecule has 2 bridgehead atoms. The number of aromatic nitrogens is 1. The molecule has 4 aliphatic rings. The van der Waals surface area contributed by atoms with Gasteiger partial charge in [0, 0.05) is 36.0 Å². The van der Waals surface area contributed by atoms with E-state index in [1.807, 2.05) is 17.0 Å². The number of halogens is 1. The average molecular weight is 534 g/mol. The number of fused-ring (bicyclic) bond motifs is 2. The van der Waals surface area contributed by atoms with Crippen molar-refractivity contribution in [3.05, 3.63) is 39.8 Å². The lowest BCUT2D eigenvalue weighted by atomic mass is 10.1. The second kappa shape index (κ2) is 8.70. The SMILES string of the molecule is NC(=O)c1cnc(NC2=IC=C(N3C(=O)[C@@H]4CC[C@H]3C4)C=C2)cc1NC1CCNCC1. The number of amides is 2. The van der Waals surface area contributed by atoms with Crippen LogP contribution in [-0.4, -0.2) is 50.5 Å². The number of likely N-dealkylation sites (tertiary alicyclic amines) is 1. The first-order chi connectivity index (χ1) is 15.1. The van der Waals surface area contributed by atoms with Gasteiger partial charge in [0.15, 0.2) is 0 Å². The Hall–Kier alpha value is -2.27. The van der Waals surface area contributed by atoms with E-state index in [-0.39, 0.29) is 5.92 Å². The summed E-state index contributed by atoms with van der Waals surface area (Å²) in [6, 6.07) is 2.57.